The van der Waals surface area contributed by atoms with Crippen molar-refractivity contribution in [1.82, 2.24) is 0 Å². The van der Waals surface area contributed by atoms with E-state index in [-0.39, 0.29) is 12.0 Å². The first-order chi connectivity index (χ1) is 12.9. The quantitative estimate of drug-likeness (QED) is 0.198. The summed E-state index contributed by atoms with van der Waals surface area (Å²) in [6, 6.07) is 7.76. The van der Waals surface area contributed by atoms with Crippen LogP contribution in [0.5, 0.6) is 0 Å². The van der Waals surface area contributed by atoms with Crippen molar-refractivity contribution >= 4 is 11.6 Å². The second kappa shape index (κ2) is 12.7. The maximum Gasteiger partial charge on any atom is 0.450 e. The first-order valence-corrected chi connectivity index (χ1v) is 10.1. The van der Waals surface area contributed by atoms with Gasteiger partial charge in [0.25, 0.3) is 0 Å². The largest absolute Gasteiger partial charge is 0.450 e. The minimum Gasteiger partial charge on any atom is -0.293 e. The molecule has 1 rings (SSSR count). The summed E-state index contributed by atoms with van der Waals surface area (Å²) in [5, 5.41) is 0. The zero-order valence-corrected chi connectivity index (χ0v) is 16.2. The van der Waals surface area contributed by atoms with Gasteiger partial charge in [-0.1, -0.05) is 101 Å². The molecule has 0 aliphatic rings. The molecular weight excluding hydrogens is 353 g/mol. The van der Waals surface area contributed by atoms with E-state index in [1.165, 1.54) is 44.2 Å². The van der Waals surface area contributed by atoms with Crippen LogP contribution in [-0.2, 0) is 4.79 Å². The Hall–Kier alpha value is -1.65. The van der Waals surface area contributed by atoms with Gasteiger partial charge in [0, 0.05) is 5.56 Å². The molecule has 0 aliphatic heterocycles. The van der Waals surface area contributed by atoms with Crippen molar-refractivity contribution in [3.63, 3.8) is 0 Å². The van der Waals surface area contributed by atoms with Crippen LogP contribution in [0.3, 0.4) is 0 Å². The van der Waals surface area contributed by atoms with Crippen LogP contribution in [0.1, 0.15) is 87.9 Å². The van der Waals surface area contributed by atoms with Crippen LogP contribution in [-0.4, -0.2) is 17.7 Å². The normalized spacial score (nSPS) is 12.7. The summed E-state index contributed by atoms with van der Waals surface area (Å²) in [5.41, 5.74) is 0.159. The summed E-state index contributed by atoms with van der Waals surface area (Å²) in [5.74, 6) is -4.28. The SMILES string of the molecule is CCCCCCCCCCCCC(C(=O)c1ccccc1)C(=O)C(F)(F)F. The molecule has 1 atom stereocenters. The molecule has 0 bridgehead atoms. The van der Waals surface area contributed by atoms with Crippen molar-refractivity contribution in [3.05, 3.63) is 35.9 Å². The third-order valence-electron chi connectivity index (χ3n) is 4.82. The molecule has 1 aromatic rings. The minimum atomic E-state index is -4.98. The molecule has 5 heteroatoms. The average Bonchev–Trinajstić information content (AvgIpc) is 2.65. The van der Waals surface area contributed by atoms with Crippen molar-refractivity contribution in [2.75, 3.05) is 0 Å². The summed E-state index contributed by atoms with van der Waals surface area (Å²) >= 11 is 0. The lowest BCUT2D eigenvalue weighted by molar-refractivity contribution is -0.174. The first-order valence-electron chi connectivity index (χ1n) is 10.1. The number of halogens is 3. The highest BCUT2D eigenvalue weighted by molar-refractivity contribution is 6.12. The zero-order valence-electron chi connectivity index (χ0n) is 16.2. The number of hydrogen-bond donors (Lipinski definition) is 0. The Morgan fingerprint density at radius 3 is 1.78 bits per heavy atom. The fourth-order valence-corrected chi connectivity index (χ4v) is 3.22. The molecule has 2 nitrogen and oxygen atoms in total. The molecule has 0 radical (unpaired) electrons. The Balaban J connectivity index is 2.42. The minimum absolute atomic E-state index is 0.0391. The fraction of sp³-hybridized carbons (Fsp3) is 0.636. The molecule has 0 fully saturated rings. The molecule has 0 spiro atoms. The predicted molar refractivity (Wildman–Crippen MR) is 102 cm³/mol. The highest BCUT2D eigenvalue weighted by Crippen LogP contribution is 2.27. The first kappa shape index (κ1) is 23.4. The molecule has 0 heterocycles. The Kier molecular flexibility index (Phi) is 11.0. The number of unbranched alkanes of at least 4 members (excludes halogenated alkanes) is 9. The Morgan fingerprint density at radius 1 is 0.815 bits per heavy atom. The molecule has 0 aromatic heterocycles. The van der Waals surface area contributed by atoms with Crippen molar-refractivity contribution in [1.29, 1.82) is 0 Å². The standard InChI is InChI=1S/C22H31F3O2/c1-2-3-4-5-6-7-8-9-10-14-17-19(21(27)22(23,24)25)20(26)18-15-12-11-13-16-18/h11-13,15-16,19H,2-10,14,17H2,1H3. The fourth-order valence-electron chi connectivity index (χ4n) is 3.22. The smallest absolute Gasteiger partial charge is 0.293 e. The van der Waals surface area contributed by atoms with Crippen LogP contribution < -0.4 is 0 Å². The molecule has 0 aliphatic carbocycles. The third-order valence-corrected chi connectivity index (χ3v) is 4.82. The van der Waals surface area contributed by atoms with Gasteiger partial charge in [-0.3, -0.25) is 9.59 Å². The van der Waals surface area contributed by atoms with Gasteiger partial charge in [0.1, 0.15) is 0 Å². The van der Waals surface area contributed by atoms with E-state index in [0.717, 1.165) is 25.7 Å². The van der Waals surface area contributed by atoms with Crippen molar-refractivity contribution in [2.45, 2.75) is 83.7 Å². The number of Topliss-reactive ketones (excluding diaryl/α,β-unsaturated/α-hetero) is 2. The molecule has 0 saturated carbocycles. The van der Waals surface area contributed by atoms with Gasteiger partial charge in [-0.15, -0.1) is 0 Å². The Bertz CT molecular complexity index is 552. The maximum absolute atomic E-state index is 12.9. The monoisotopic (exact) mass is 384 g/mol. The van der Waals surface area contributed by atoms with E-state index >= 15 is 0 Å². The summed E-state index contributed by atoms with van der Waals surface area (Å²) in [6.45, 7) is 2.18. The molecule has 1 unspecified atom stereocenters. The average molecular weight is 384 g/mol. The lowest BCUT2D eigenvalue weighted by atomic mass is 9.88. The second-order valence-electron chi connectivity index (χ2n) is 7.12. The highest BCUT2D eigenvalue weighted by Gasteiger charge is 2.45. The molecular formula is C22H31F3O2. The lowest BCUT2D eigenvalue weighted by Gasteiger charge is -2.16. The number of carbonyl (C=O) groups is 2. The summed E-state index contributed by atoms with van der Waals surface area (Å²) in [7, 11) is 0. The van der Waals surface area contributed by atoms with Gasteiger partial charge in [-0.2, -0.15) is 13.2 Å². The van der Waals surface area contributed by atoms with Crippen LogP contribution in [0.15, 0.2) is 30.3 Å². The van der Waals surface area contributed by atoms with E-state index in [2.05, 4.69) is 6.92 Å². The van der Waals surface area contributed by atoms with Crippen molar-refractivity contribution < 1.29 is 22.8 Å². The van der Waals surface area contributed by atoms with Crippen LogP contribution in [0, 0.1) is 5.92 Å². The van der Waals surface area contributed by atoms with E-state index in [1.807, 2.05) is 0 Å². The molecule has 1 aromatic carbocycles. The van der Waals surface area contributed by atoms with E-state index in [0.29, 0.717) is 6.42 Å². The van der Waals surface area contributed by atoms with Crippen LogP contribution in [0.4, 0.5) is 13.2 Å². The summed E-state index contributed by atoms with van der Waals surface area (Å²) < 4.78 is 38.6. The lowest BCUT2D eigenvalue weighted by Crippen LogP contribution is -2.35. The molecule has 0 amide bonds. The third kappa shape index (κ3) is 9.21. The number of hydrogen-bond acceptors (Lipinski definition) is 2. The number of rotatable bonds is 14. The number of ketones is 2. The van der Waals surface area contributed by atoms with Gasteiger partial charge in [0.2, 0.25) is 5.78 Å². The second-order valence-corrected chi connectivity index (χ2v) is 7.12. The Morgan fingerprint density at radius 2 is 1.30 bits per heavy atom. The van der Waals surface area contributed by atoms with Gasteiger partial charge in [-0.25, -0.2) is 0 Å². The molecule has 0 saturated heterocycles. The van der Waals surface area contributed by atoms with Crippen molar-refractivity contribution in [2.24, 2.45) is 5.92 Å². The van der Waals surface area contributed by atoms with Crippen LogP contribution in [0.25, 0.3) is 0 Å². The summed E-state index contributed by atoms with van der Waals surface area (Å²) in [6.07, 6.45) is 5.50. The number of alkyl halides is 3. The van der Waals surface area contributed by atoms with E-state index in [4.69, 9.17) is 0 Å². The molecule has 0 N–H and O–H groups in total. The predicted octanol–water partition coefficient (Wildman–Crippen LogP) is 6.93. The number of benzene rings is 1. The molecule has 27 heavy (non-hydrogen) atoms. The van der Waals surface area contributed by atoms with Gasteiger partial charge >= 0.3 is 6.18 Å². The number of carbonyl (C=O) groups excluding carboxylic acids is 2. The van der Waals surface area contributed by atoms with Crippen LogP contribution in [0.2, 0.25) is 0 Å². The summed E-state index contributed by atoms with van der Waals surface area (Å²) in [4.78, 5) is 24.1. The topological polar surface area (TPSA) is 34.1 Å². The van der Waals surface area contributed by atoms with E-state index in [1.54, 1.807) is 18.2 Å². The van der Waals surface area contributed by atoms with Gasteiger partial charge in [-0.05, 0) is 6.42 Å². The highest BCUT2D eigenvalue weighted by atomic mass is 19.4. The van der Waals surface area contributed by atoms with Crippen molar-refractivity contribution in [3.8, 4) is 0 Å². The van der Waals surface area contributed by atoms with E-state index < -0.39 is 23.7 Å². The van der Waals surface area contributed by atoms with E-state index in [9.17, 15) is 22.8 Å². The zero-order chi connectivity index (χ0) is 20.1. The van der Waals surface area contributed by atoms with Gasteiger partial charge in [0.05, 0.1) is 5.92 Å². The Labute approximate surface area is 160 Å². The molecule has 152 valence electrons. The van der Waals surface area contributed by atoms with Gasteiger partial charge in [0.15, 0.2) is 5.78 Å². The van der Waals surface area contributed by atoms with Gasteiger partial charge < -0.3 is 0 Å². The maximum atomic E-state index is 12.9. The van der Waals surface area contributed by atoms with Crippen LogP contribution >= 0.6 is 0 Å².